The lowest BCUT2D eigenvalue weighted by Gasteiger charge is -2.33. The van der Waals surface area contributed by atoms with Crippen LogP contribution in [-0.4, -0.2) is 39.4 Å². The van der Waals surface area contributed by atoms with Gasteiger partial charge in [0.1, 0.15) is 5.75 Å². The molecule has 0 bridgehead atoms. The van der Waals surface area contributed by atoms with Crippen LogP contribution in [0.3, 0.4) is 0 Å². The van der Waals surface area contributed by atoms with Crippen LogP contribution in [0.1, 0.15) is 11.6 Å². The van der Waals surface area contributed by atoms with E-state index in [1.165, 1.54) is 5.56 Å². The molecule has 0 spiro atoms. The maximum atomic E-state index is 6.00. The van der Waals surface area contributed by atoms with Crippen molar-refractivity contribution in [3.8, 4) is 5.75 Å². The average molecular weight is 363 g/mol. The number of nitrogens with one attached hydrogen (secondary N) is 1. The molecule has 0 radical (unpaired) electrons. The molecular formula is C16H28Cl2N2OSi. The molecule has 0 unspecified atom stereocenters. The van der Waals surface area contributed by atoms with Gasteiger partial charge in [-0.05, 0) is 37.3 Å². The van der Waals surface area contributed by atoms with Gasteiger partial charge in [0.25, 0.3) is 0 Å². The molecule has 1 aliphatic rings. The first kappa shape index (κ1) is 21.5. The largest absolute Gasteiger partial charge is 0.544 e. The molecule has 1 aromatic rings. The number of nitrogens with zero attached hydrogens (tertiary/aromatic N) is 1. The number of benzene rings is 1. The van der Waals surface area contributed by atoms with Gasteiger partial charge in [0.15, 0.2) is 0 Å². The van der Waals surface area contributed by atoms with E-state index < -0.39 is 8.32 Å². The number of piperazine rings is 1. The normalized spacial score (nSPS) is 16.9. The van der Waals surface area contributed by atoms with Gasteiger partial charge in [-0.2, -0.15) is 0 Å². The van der Waals surface area contributed by atoms with E-state index in [0.717, 1.165) is 31.9 Å². The number of halogens is 2. The van der Waals surface area contributed by atoms with E-state index >= 15 is 0 Å². The first-order chi connectivity index (χ1) is 9.49. The monoisotopic (exact) mass is 362 g/mol. The van der Waals surface area contributed by atoms with E-state index in [-0.39, 0.29) is 24.8 Å². The van der Waals surface area contributed by atoms with Crippen LogP contribution in [0.15, 0.2) is 36.9 Å². The molecule has 1 N–H and O–H groups in total. The summed E-state index contributed by atoms with van der Waals surface area (Å²) in [6.07, 6.45) is 2.04. The second-order valence-corrected chi connectivity index (χ2v) is 10.7. The van der Waals surface area contributed by atoms with Crippen molar-refractivity contribution in [3.63, 3.8) is 0 Å². The summed E-state index contributed by atoms with van der Waals surface area (Å²) in [5, 5.41) is 3.39. The third-order valence-electron chi connectivity index (χ3n) is 3.41. The molecule has 22 heavy (non-hydrogen) atoms. The van der Waals surface area contributed by atoms with Gasteiger partial charge in [-0.15, -0.1) is 31.4 Å². The Kier molecular flexibility index (Phi) is 9.35. The van der Waals surface area contributed by atoms with Gasteiger partial charge in [0.2, 0.25) is 8.32 Å². The summed E-state index contributed by atoms with van der Waals surface area (Å²) in [5.41, 5.74) is 1.30. The van der Waals surface area contributed by atoms with E-state index in [9.17, 15) is 0 Å². The van der Waals surface area contributed by atoms with Crippen molar-refractivity contribution in [2.24, 2.45) is 0 Å². The van der Waals surface area contributed by atoms with Gasteiger partial charge in [-0.3, -0.25) is 4.90 Å². The SMILES string of the molecule is C=C[C@H](c1ccc(O[Si](C)(C)C)cc1)N1CCNCC1.Cl.Cl. The van der Waals surface area contributed by atoms with Crippen LogP contribution in [0.25, 0.3) is 0 Å². The predicted molar refractivity (Wildman–Crippen MR) is 102 cm³/mol. The Bertz CT molecular complexity index is 442. The molecule has 1 saturated heterocycles. The fourth-order valence-electron chi connectivity index (χ4n) is 2.54. The molecule has 0 saturated carbocycles. The standard InChI is InChI=1S/C16H26N2OSi.2ClH/c1-5-16(18-12-10-17-11-13-18)14-6-8-15(9-7-14)19-20(2,3)4;;/h5-9,16-17H,1,10-13H2,2-4H3;2*1H/t16-;;/m1../s1. The number of rotatable bonds is 5. The molecule has 0 aromatic heterocycles. The zero-order valence-electron chi connectivity index (χ0n) is 13.7. The van der Waals surface area contributed by atoms with Gasteiger partial charge in [0.05, 0.1) is 6.04 Å². The minimum absolute atomic E-state index is 0. The maximum absolute atomic E-state index is 6.00. The van der Waals surface area contributed by atoms with E-state index in [1.807, 2.05) is 6.08 Å². The molecule has 126 valence electrons. The van der Waals surface area contributed by atoms with Gasteiger partial charge in [0, 0.05) is 26.2 Å². The third-order valence-corrected chi connectivity index (χ3v) is 4.26. The van der Waals surface area contributed by atoms with Crippen molar-refractivity contribution in [1.82, 2.24) is 10.2 Å². The zero-order valence-corrected chi connectivity index (χ0v) is 16.3. The minimum Gasteiger partial charge on any atom is -0.544 e. The highest BCUT2D eigenvalue weighted by atomic mass is 35.5. The number of hydrogen-bond donors (Lipinski definition) is 1. The van der Waals surface area contributed by atoms with Crippen molar-refractivity contribution in [1.29, 1.82) is 0 Å². The summed E-state index contributed by atoms with van der Waals surface area (Å²) in [6.45, 7) is 14.9. The second-order valence-electron chi connectivity index (χ2n) is 6.25. The maximum Gasteiger partial charge on any atom is 0.242 e. The van der Waals surface area contributed by atoms with Crippen LogP contribution in [-0.2, 0) is 0 Å². The lowest BCUT2D eigenvalue weighted by Crippen LogP contribution is -2.44. The summed E-state index contributed by atoms with van der Waals surface area (Å²) in [6, 6.07) is 8.82. The summed E-state index contributed by atoms with van der Waals surface area (Å²) in [4.78, 5) is 2.47. The Hall–Kier alpha value is -0.523. The smallest absolute Gasteiger partial charge is 0.242 e. The first-order valence-electron chi connectivity index (χ1n) is 7.36. The van der Waals surface area contributed by atoms with Gasteiger partial charge in [-0.1, -0.05) is 18.2 Å². The van der Waals surface area contributed by atoms with Gasteiger partial charge in [-0.25, -0.2) is 0 Å². The van der Waals surface area contributed by atoms with Crippen LogP contribution < -0.4 is 9.74 Å². The van der Waals surface area contributed by atoms with Crippen molar-refractivity contribution < 1.29 is 4.43 Å². The second kappa shape index (κ2) is 9.58. The van der Waals surface area contributed by atoms with Crippen LogP contribution in [0.2, 0.25) is 19.6 Å². The highest BCUT2D eigenvalue weighted by Gasteiger charge is 2.20. The lowest BCUT2D eigenvalue weighted by atomic mass is 10.0. The Balaban J connectivity index is 0.00000220. The average Bonchev–Trinajstić information content (AvgIpc) is 2.41. The van der Waals surface area contributed by atoms with Crippen molar-refractivity contribution in [2.75, 3.05) is 26.2 Å². The fourth-order valence-corrected chi connectivity index (χ4v) is 3.39. The van der Waals surface area contributed by atoms with E-state index in [4.69, 9.17) is 4.43 Å². The van der Waals surface area contributed by atoms with Crippen molar-refractivity contribution in [3.05, 3.63) is 42.5 Å². The molecule has 6 heteroatoms. The summed E-state index contributed by atoms with van der Waals surface area (Å²) in [7, 11) is -1.52. The van der Waals surface area contributed by atoms with Gasteiger partial charge >= 0.3 is 0 Å². The Morgan fingerprint density at radius 2 is 1.68 bits per heavy atom. The van der Waals surface area contributed by atoms with Crippen molar-refractivity contribution >= 4 is 33.1 Å². The molecule has 1 fully saturated rings. The van der Waals surface area contributed by atoms with E-state index in [0.29, 0.717) is 6.04 Å². The molecule has 0 amide bonds. The molecule has 3 nitrogen and oxygen atoms in total. The third kappa shape index (κ3) is 6.30. The Labute approximate surface area is 148 Å². The summed E-state index contributed by atoms with van der Waals surface area (Å²) in [5.74, 6) is 0.982. The van der Waals surface area contributed by atoms with Crippen LogP contribution >= 0.6 is 24.8 Å². The molecule has 1 aliphatic heterocycles. The molecule has 0 aliphatic carbocycles. The molecular weight excluding hydrogens is 335 g/mol. The predicted octanol–water partition coefficient (Wildman–Crippen LogP) is 3.88. The Morgan fingerprint density at radius 3 is 2.14 bits per heavy atom. The van der Waals surface area contributed by atoms with Crippen molar-refractivity contribution in [2.45, 2.75) is 25.7 Å². The zero-order chi connectivity index (χ0) is 14.6. The quantitative estimate of drug-likeness (QED) is 0.635. The topological polar surface area (TPSA) is 24.5 Å². The molecule has 1 atom stereocenters. The van der Waals surface area contributed by atoms with Crippen LogP contribution in [0.5, 0.6) is 5.75 Å². The first-order valence-corrected chi connectivity index (χ1v) is 10.8. The highest BCUT2D eigenvalue weighted by Crippen LogP contribution is 2.25. The van der Waals surface area contributed by atoms with Crippen LogP contribution in [0.4, 0.5) is 0 Å². The van der Waals surface area contributed by atoms with E-state index in [2.05, 4.69) is 60.7 Å². The van der Waals surface area contributed by atoms with Gasteiger partial charge < -0.3 is 9.74 Å². The lowest BCUT2D eigenvalue weighted by molar-refractivity contribution is 0.203. The molecule has 1 aromatic carbocycles. The summed E-state index contributed by atoms with van der Waals surface area (Å²) >= 11 is 0. The molecule has 1 heterocycles. The highest BCUT2D eigenvalue weighted by molar-refractivity contribution is 6.70. The van der Waals surface area contributed by atoms with Crippen LogP contribution in [0, 0.1) is 0 Å². The fraction of sp³-hybridized carbons (Fsp3) is 0.500. The summed E-state index contributed by atoms with van der Waals surface area (Å²) < 4.78 is 6.00. The minimum atomic E-state index is -1.52. The van der Waals surface area contributed by atoms with E-state index in [1.54, 1.807) is 0 Å². The Morgan fingerprint density at radius 1 is 1.14 bits per heavy atom. The molecule has 2 rings (SSSR count). The number of hydrogen-bond acceptors (Lipinski definition) is 3.